The molecule has 25 heteroatoms. The van der Waals surface area contributed by atoms with E-state index in [0.29, 0.717) is 32.1 Å². The number of benzene rings is 1. The predicted molar refractivity (Wildman–Crippen MR) is 305 cm³/mol. The largest absolute Gasteiger partial charge is 0.458 e. The van der Waals surface area contributed by atoms with E-state index in [0.717, 1.165) is 11.1 Å². The summed E-state index contributed by atoms with van der Waals surface area (Å²) in [4.78, 5) is 26.9. The molecule has 0 spiro atoms. The maximum absolute atomic E-state index is 13.6. The van der Waals surface area contributed by atoms with E-state index < -0.39 is 194 Å². The lowest BCUT2D eigenvalue weighted by molar-refractivity contribution is -0.376. The molecule has 4 aliphatic carbocycles. The maximum Gasteiger partial charge on any atom is 0.331 e. The summed E-state index contributed by atoms with van der Waals surface area (Å²) >= 11 is 0. The summed E-state index contributed by atoms with van der Waals surface area (Å²) in [6.45, 7) is 9.45. The van der Waals surface area contributed by atoms with Gasteiger partial charge >= 0.3 is 5.97 Å². The molecule has 0 bridgehead atoms. The van der Waals surface area contributed by atoms with Gasteiger partial charge in [-0.2, -0.15) is 0 Å². The van der Waals surface area contributed by atoms with Crippen molar-refractivity contribution in [3.8, 4) is 0 Å². The number of hydrogen-bond acceptors (Lipinski definition) is 25. The lowest BCUT2D eigenvalue weighted by Crippen LogP contribution is -2.75. The summed E-state index contributed by atoms with van der Waals surface area (Å²) in [5.41, 5.74) is -3.20. The smallest absolute Gasteiger partial charge is 0.331 e. The molecule has 3 saturated carbocycles. The van der Waals surface area contributed by atoms with Crippen LogP contribution in [0.2, 0.25) is 0 Å². The second kappa shape index (κ2) is 27.5. The molecule has 30 atom stereocenters. The molecule has 5 aliphatic heterocycles. The van der Waals surface area contributed by atoms with E-state index in [1.54, 1.807) is 27.2 Å². The average Bonchev–Trinajstić information content (AvgIpc) is 1.30. The van der Waals surface area contributed by atoms with Crippen molar-refractivity contribution in [2.24, 2.45) is 22.7 Å². The average molecular weight is 1250 g/mol. The Labute approximate surface area is 513 Å². The molecule has 9 aliphatic rings. The van der Waals surface area contributed by atoms with Crippen LogP contribution in [0.1, 0.15) is 111 Å². The van der Waals surface area contributed by atoms with Gasteiger partial charge in [0, 0.05) is 63.9 Å². The minimum Gasteiger partial charge on any atom is -0.458 e. The number of ketones is 1. The van der Waals surface area contributed by atoms with Gasteiger partial charge in [-0.05, 0) is 89.7 Å². The second-order valence-electron chi connectivity index (χ2n) is 26.2. The van der Waals surface area contributed by atoms with Crippen LogP contribution in [0, 0.1) is 22.7 Å². The van der Waals surface area contributed by atoms with E-state index in [9.17, 15) is 55.5 Å². The highest BCUT2D eigenvalue weighted by atomic mass is 16.8. The molecule has 496 valence electrons. The van der Waals surface area contributed by atoms with Crippen molar-refractivity contribution in [3.05, 3.63) is 53.6 Å². The van der Waals surface area contributed by atoms with Gasteiger partial charge in [0.2, 0.25) is 0 Å². The standard InChI is InChI=1S/C63H94O25/c1-30(66)37-19-22-63(74)61(37,6)44(84-45(67)16-15-34-13-11-10-12-14-34)27-43-60(5)20-18-36(23-35(60)17-21-62(43,63)73)81-46-24-38(75-7)54(31(2)78-46)85-47-25-39(76-8)55(32(3)79-47)86-48-26-40(77-9)56(33(4)80-48)87-59-53(72)51(70)57(42(29-65)83-59)88-58-52(71)50(69)49(68)41(28-64)82-58/h10-17,31-33,36-44,46-59,64-65,68-74H,18-29H2,1-9H3/b16-15+/t31-,32-,33-,36+,37+,38+,39+,40-,41-,42-,43-,44-,46+,47+,48+,49-,50+,51-,52-,53-,54-,55-,56-,57-,58+,59+,60+,61+,62+,63-/m1/s1. The Balaban J connectivity index is 0.723. The zero-order chi connectivity index (χ0) is 63.4. The number of fused-ring (bicyclic) bond motifs is 5. The van der Waals surface area contributed by atoms with Gasteiger partial charge in [0.25, 0.3) is 0 Å². The molecule has 1 aromatic rings. The van der Waals surface area contributed by atoms with Crippen LogP contribution in [0.25, 0.3) is 6.08 Å². The normalized spacial score (nSPS) is 48.9. The molecule has 1 aromatic carbocycles. The van der Waals surface area contributed by atoms with Gasteiger partial charge < -0.3 is 112 Å². The van der Waals surface area contributed by atoms with Crippen LogP contribution >= 0.6 is 0 Å². The van der Waals surface area contributed by atoms with Crippen molar-refractivity contribution < 1.29 is 122 Å². The van der Waals surface area contributed by atoms with Gasteiger partial charge in [-0.25, -0.2) is 4.79 Å². The Kier molecular flexibility index (Phi) is 21.2. The number of carbonyl (C=O) groups excluding carboxylic acids is 2. The van der Waals surface area contributed by atoms with Crippen LogP contribution in [0.3, 0.4) is 0 Å². The second-order valence-corrected chi connectivity index (χ2v) is 26.2. The highest BCUT2D eigenvalue weighted by molar-refractivity contribution is 5.87. The summed E-state index contributed by atoms with van der Waals surface area (Å²) in [6, 6.07) is 9.40. The maximum atomic E-state index is 13.6. The molecule has 10 rings (SSSR count). The third kappa shape index (κ3) is 12.6. The van der Waals surface area contributed by atoms with Crippen LogP contribution in [-0.4, -0.2) is 251 Å². The molecule has 88 heavy (non-hydrogen) atoms. The predicted octanol–water partition coefficient (Wildman–Crippen LogP) is 1.23. The highest BCUT2D eigenvalue weighted by Crippen LogP contribution is 2.70. The first-order valence-corrected chi connectivity index (χ1v) is 31.2. The summed E-state index contributed by atoms with van der Waals surface area (Å²) in [5, 5.41) is 99.4. The van der Waals surface area contributed by atoms with Crippen molar-refractivity contribution in [1.29, 1.82) is 0 Å². The Bertz CT molecular complexity index is 2580. The van der Waals surface area contributed by atoms with Crippen molar-refractivity contribution in [2.45, 2.75) is 264 Å². The van der Waals surface area contributed by atoms with Gasteiger partial charge in [0.1, 0.15) is 90.2 Å². The Hall–Kier alpha value is -3.04. The summed E-state index contributed by atoms with van der Waals surface area (Å²) < 4.78 is 86.9. The van der Waals surface area contributed by atoms with Crippen LogP contribution in [0.5, 0.6) is 0 Å². The minimum atomic E-state index is -1.82. The van der Waals surface area contributed by atoms with Crippen LogP contribution < -0.4 is 0 Å². The fourth-order valence-corrected chi connectivity index (χ4v) is 16.4. The molecule has 8 fully saturated rings. The molecule has 0 radical (unpaired) electrons. The number of rotatable bonds is 19. The van der Waals surface area contributed by atoms with E-state index in [1.165, 1.54) is 20.1 Å². The molecule has 9 N–H and O–H groups in total. The highest BCUT2D eigenvalue weighted by Gasteiger charge is 2.77. The van der Waals surface area contributed by atoms with Gasteiger partial charge in [-0.1, -0.05) is 55.8 Å². The summed E-state index contributed by atoms with van der Waals surface area (Å²) in [6.07, 6.45) is -16.5. The number of esters is 1. The van der Waals surface area contributed by atoms with Crippen molar-refractivity contribution >= 4 is 17.8 Å². The summed E-state index contributed by atoms with van der Waals surface area (Å²) in [7, 11) is 4.66. The van der Waals surface area contributed by atoms with Crippen LogP contribution in [0.4, 0.5) is 0 Å². The molecule has 0 unspecified atom stereocenters. The number of Topliss-reactive ketones (excluding diaryl/α,β-unsaturated/α-hetero) is 1. The molecule has 25 nitrogen and oxygen atoms in total. The zero-order valence-corrected chi connectivity index (χ0v) is 51.7. The molecule has 0 amide bonds. The topological polar surface area (TPSA) is 345 Å². The van der Waals surface area contributed by atoms with Crippen LogP contribution in [0.15, 0.2) is 48.1 Å². The van der Waals surface area contributed by atoms with Crippen molar-refractivity contribution in [1.82, 2.24) is 0 Å². The minimum absolute atomic E-state index is 0.110. The zero-order valence-electron chi connectivity index (χ0n) is 51.7. The lowest BCUT2D eigenvalue weighted by atomic mass is 9.43. The number of hydrogen-bond donors (Lipinski definition) is 9. The monoisotopic (exact) mass is 1250 g/mol. The molecular formula is C63H94O25. The molecule has 5 saturated heterocycles. The van der Waals surface area contributed by atoms with E-state index in [2.05, 4.69) is 13.0 Å². The van der Waals surface area contributed by atoms with Gasteiger partial charge in [0.15, 0.2) is 31.5 Å². The Morgan fingerprint density at radius 3 is 1.69 bits per heavy atom. The van der Waals surface area contributed by atoms with E-state index in [4.69, 9.17) is 66.3 Å². The van der Waals surface area contributed by atoms with E-state index >= 15 is 0 Å². The Morgan fingerprint density at radius 1 is 0.625 bits per heavy atom. The number of ether oxygens (including phenoxy) is 14. The van der Waals surface area contributed by atoms with E-state index in [1.807, 2.05) is 51.1 Å². The number of methoxy groups -OCH3 is 3. The first-order chi connectivity index (χ1) is 41.9. The fraction of sp³-hybridized carbons (Fsp3) is 0.810. The summed E-state index contributed by atoms with van der Waals surface area (Å²) in [5.74, 6) is -1.80. The molecule has 0 aromatic heterocycles. The SMILES string of the molecule is CO[C@H]1C[C@H](O[C@H]2CC[C@@]3(C)C(=CC[C@]4(O)[C@@H]3C[C@@H](OC(=O)/C=C/c3ccccc3)[C@]3(C)[C@H](C(C)=O)CC[C@@]34O)C2)O[C@H](C)[C@H]1O[C@H]1C[C@H](OC)[C@H](O[C@H]2C[C@@H](OC)[C@H](O[C@@H]3O[C@H](CO)[C@@H](O[C@@H]4O[C@H](CO)[C@@H](O)[C@H](O)[C@H]4O)[C@H](O)[C@H]3O)[C@@H](C)O2)[C@@H](C)O1. The van der Waals surface area contributed by atoms with Gasteiger partial charge in [-0.3, -0.25) is 4.79 Å². The third-order valence-corrected chi connectivity index (χ3v) is 21.4. The number of aliphatic hydroxyl groups excluding tert-OH is 7. The van der Waals surface area contributed by atoms with Crippen LogP contribution in [-0.2, 0) is 75.9 Å². The number of aliphatic hydroxyl groups is 9. The molecule has 5 heterocycles. The van der Waals surface area contributed by atoms with Gasteiger partial charge in [0.05, 0.1) is 55.9 Å². The first-order valence-electron chi connectivity index (χ1n) is 31.2. The number of carbonyl (C=O) groups is 2. The first kappa shape index (κ1) is 67.8. The Morgan fingerprint density at radius 2 is 1.15 bits per heavy atom. The van der Waals surface area contributed by atoms with Crippen molar-refractivity contribution in [2.75, 3.05) is 34.5 Å². The third-order valence-electron chi connectivity index (χ3n) is 21.4. The molecular weight excluding hydrogens is 1160 g/mol. The van der Waals surface area contributed by atoms with Crippen molar-refractivity contribution in [3.63, 3.8) is 0 Å². The van der Waals surface area contributed by atoms with E-state index in [-0.39, 0.29) is 44.0 Å². The quantitative estimate of drug-likeness (QED) is 0.0534. The fourth-order valence-electron chi connectivity index (χ4n) is 16.4. The van der Waals surface area contributed by atoms with Gasteiger partial charge in [-0.15, -0.1) is 0 Å². The lowest BCUT2D eigenvalue weighted by Gasteiger charge is -2.66.